The fraction of sp³-hybridized carbons (Fsp3) is 0.190. The second kappa shape index (κ2) is 8.56. The minimum atomic E-state index is -0.742. The number of hydrogen-bond donors (Lipinski definition) is 0. The van der Waals surface area contributed by atoms with E-state index in [1.54, 1.807) is 18.2 Å². The molecule has 0 saturated carbocycles. The summed E-state index contributed by atoms with van der Waals surface area (Å²) in [5, 5.41) is 11.7. The van der Waals surface area contributed by atoms with Crippen LogP contribution in [0.5, 0.6) is 5.75 Å². The standard InChI is InChI=1S/C21H18N4O5/c1-28-16-7-8-17-15(10-20(26)30-19(17)11-16)12-29-21(27)18(25-13-22-23-24-25)9-14-5-3-2-4-6-14/h2-8,10-11,13,18H,9,12H2,1H3/t18-/m1/s1. The van der Waals surface area contributed by atoms with Crippen molar-refractivity contribution in [2.24, 2.45) is 0 Å². The first-order valence-electron chi connectivity index (χ1n) is 9.18. The molecule has 0 saturated heterocycles. The summed E-state index contributed by atoms with van der Waals surface area (Å²) in [5.41, 5.74) is 1.29. The SMILES string of the molecule is COc1ccc2c(COC(=O)[C@@H](Cc3ccccc3)n3cnnn3)cc(=O)oc2c1. The lowest BCUT2D eigenvalue weighted by atomic mass is 10.1. The third-order valence-electron chi connectivity index (χ3n) is 4.64. The van der Waals surface area contributed by atoms with Crippen molar-refractivity contribution in [3.05, 3.63) is 82.5 Å². The highest BCUT2D eigenvalue weighted by molar-refractivity contribution is 5.82. The number of benzene rings is 2. The lowest BCUT2D eigenvalue weighted by Crippen LogP contribution is -2.25. The molecule has 0 aliphatic rings. The smallest absolute Gasteiger partial charge is 0.336 e. The molecule has 1 atom stereocenters. The van der Waals surface area contributed by atoms with Gasteiger partial charge in [0.2, 0.25) is 0 Å². The van der Waals surface area contributed by atoms with Crippen molar-refractivity contribution in [1.29, 1.82) is 0 Å². The first-order valence-corrected chi connectivity index (χ1v) is 9.18. The van der Waals surface area contributed by atoms with E-state index >= 15 is 0 Å². The van der Waals surface area contributed by atoms with Gasteiger partial charge in [0.05, 0.1) is 7.11 Å². The lowest BCUT2D eigenvalue weighted by molar-refractivity contribution is -0.149. The molecule has 0 unspecified atom stereocenters. The lowest BCUT2D eigenvalue weighted by Gasteiger charge is -2.16. The molecule has 0 spiro atoms. The molecular formula is C21H18N4O5. The maximum absolute atomic E-state index is 12.9. The number of aromatic nitrogens is 4. The number of nitrogens with zero attached hydrogens (tertiary/aromatic N) is 4. The molecule has 9 heteroatoms. The summed E-state index contributed by atoms with van der Waals surface area (Å²) in [6.07, 6.45) is 1.73. The minimum Gasteiger partial charge on any atom is -0.497 e. The van der Waals surface area contributed by atoms with Gasteiger partial charge in [-0.05, 0) is 28.1 Å². The highest BCUT2D eigenvalue weighted by Gasteiger charge is 2.24. The number of fused-ring (bicyclic) bond motifs is 1. The topological polar surface area (TPSA) is 109 Å². The van der Waals surface area contributed by atoms with Crippen LogP contribution in [0.2, 0.25) is 0 Å². The van der Waals surface area contributed by atoms with Gasteiger partial charge < -0.3 is 13.9 Å². The van der Waals surface area contributed by atoms with Crippen LogP contribution < -0.4 is 10.4 Å². The Morgan fingerprint density at radius 3 is 2.73 bits per heavy atom. The average Bonchev–Trinajstić information content (AvgIpc) is 3.30. The zero-order chi connectivity index (χ0) is 20.9. The van der Waals surface area contributed by atoms with Crippen molar-refractivity contribution in [2.75, 3.05) is 7.11 Å². The van der Waals surface area contributed by atoms with Crippen molar-refractivity contribution in [1.82, 2.24) is 20.2 Å². The van der Waals surface area contributed by atoms with E-state index in [4.69, 9.17) is 13.9 Å². The van der Waals surface area contributed by atoms with Gasteiger partial charge in [0.15, 0.2) is 6.04 Å². The second-order valence-corrected chi connectivity index (χ2v) is 6.56. The molecule has 4 aromatic rings. The summed E-state index contributed by atoms with van der Waals surface area (Å²) in [6.45, 7) is -0.0966. The number of carbonyl (C=O) groups is 1. The number of ether oxygens (including phenoxy) is 2. The molecule has 9 nitrogen and oxygen atoms in total. The molecule has 0 N–H and O–H groups in total. The predicted octanol–water partition coefficient (Wildman–Crippen LogP) is 2.32. The van der Waals surface area contributed by atoms with Crippen LogP contribution in [0.15, 0.2) is 70.1 Å². The monoisotopic (exact) mass is 406 g/mol. The normalized spacial score (nSPS) is 11.9. The fourth-order valence-electron chi connectivity index (χ4n) is 3.14. The third kappa shape index (κ3) is 4.19. The third-order valence-corrected chi connectivity index (χ3v) is 4.64. The van der Waals surface area contributed by atoms with Crippen molar-refractivity contribution < 1.29 is 18.7 Å². The van der Waals surface area contributed by atoms with Crippen molar-refractivity contribution in [3.63, 3.8) is 0 Å². The molecule has 0 bridgehead atoms. The van der Waals surface area contributed by atoms with E-state index in [1.807, 2.05) is 30.3 Å². The number of carbonyl (C=O) groups excluding carboxylic acids is 1. The first kappa shape index (κ1) is 19.3. The minimum absolute atomic E-state index is 0.0966. The van der Waals surface area contributed by atoms with E-state index in [0.717, 1.165) is 5.56 Å². The zero-order valence-corrected chi connectivity index (χ0v) is 16.1. The van der Waals surface area contributed by atoms with E-state index in [1.165, 1.54) is 24.2 Å². The van der Waals surface area contributed by atoms with Gasteiger partial charge in [-0.1, -0.05) is 30.3 Å². The van der Waals surface area contributed by atoms with E-state index in [0.29, 0.717) is 28.7 Å². The van der Waals surface area contributed by atoms with Crippen molar-refractivity contribution in [2.45, 2.75) is 19.1 Å². The molecular weight excluding hydrogens is 388 g/mol. The van der Waals surface area contributed by atoms with Gasteiger partial charge in [0.1, 0.15) is 24.3 Å². The van der Waals surface area contributed by atoms with Gasteiger partial charge in [0, 0.05) is 29.5 Å². The largest absolute Gasteiger partial charge is 0.497 e. The van der Waals surface area contributed by atoms with Gasteiger partial charge in [-0.15, -0.1) is 5.10 Å². The molecule has 152 valence electrons. The number of hydrogen-bond acceptors (Lipinski definition) is 8. The van der Waals surface area contributed by atoms with Crippen LogP contribution in [0.3, 0.4) is 0 Å². The summed E-state index contributed by atoms with van der Waals surface area (Å²) in [7, 11) is 1.52. The number of methoxy groups -OCH3 is 1. The summed E-state index contributed by atoms with van der Waals surface area (Å²) >= 11 is 0. The van der Waals surface area contributed by atoms with E-state index < -0.39 is 17.6 Å². The number of rotatable bonds is 7. The predicted molar refractivity (Wildman–Crippen MR) is 106 cm³/mol. The van der Waals surface area contributed by atoms with Crippen LogP contribution in [0.4, 0.5) is 0 Å². The fourth-order valence-corrected chi connectivity index (χ4v) is 3.14. The van der Waals surface area contributed by atoms with Gasteiger partial charge in [-0.3, -0.25) is 0 Å². The molecule has 2 aromatic carbocycles. The van der Waals surface area contributed by atoms with Crippen LogP contribution >= 0.6 is 0 Å². The molecule has 2 aromatic heterocycles. The average molecular weight is 406 g/mol. The molecule has 0 amide bonds. The number of esters is 1. The Morgan fingerprint density at radius 1 is 1.17 bits per heavy atom. The molecule has 0 aliphatic heterocycles. The zero-order valence-electron chi connectivity index (χ0n) is 16.1. The quantitative estimate of drug-likeness (QED) is 0.340. The van der Waals surface area contributed by atoms with Crippen LogP contribution in [0.25, 0.3) is 11.0 Å². The highest BCUT2D eigenvalue weighted by Crippen LogP contribution is 2.24. The Hall–Kier alpha value is -4.01. The van der Waals surface area contributed by atoms with Crippen LogP contribution in [0, 0.1) is 0 Å². The van der Waals surface area contributed by atoms with Crippen molar-refractivity contribution in [3.8, 4) is 5.75 Å². The maximum atomic E-state index is 12.9. The Balaban J connectivity index is 1.57. The van der Waals surface area contributed by atoms with E-state index in [9.17, 15) is 9.59 Å². The summed E-state index contributed by atoms with van der Waals surface area (Å²) in [6, 6.07) is 15.2. The van der Waals surface area contributed by atoms with E-state index in [-0.39, 0.29) is 6.61 Å². The first-order chi connectivity index (χ1) is 14.6. The molecule has 0 radical (unpaired) electrons. The van der Waals surface area contributed by atoms with Crippen LogP contribution in [-0.2, 0) is 22.6 Å². The molecule has 0 aliphatic carbocycles. The molecule has 30 heavy (non-hydrogen) atoms. The van der Waals surface area contributed by atoms with E-state index in [2.05, 4.69) is 15.5 Å². The van der Waals surface area contributed by atoms with Gasteiger partial charge in [-0.25, -0.2) is 14.3 Å². The molecule has 2 heterocycles. The maximum Gasteiger partial charge on any atom is 0.336 e. The number of tetrazole rings is 1. The van der Waals surface area contributed by atoms with Gasteiger partial charge in [-0.2, -0.15) is 0 Å². The second-order valence-electron chi connectivity index (χ2n) is 6.56. The molecule has 0 fully saturated rings. The summed E-state index contributed by atoms with van der Waals surface area (Å²) < 4.78 is 17.3. The summed E-state index contributed by atoms with van der Waals surface area (Å²) in [5.74, 6) is 0.0439. The van der Waals surface area contributed by atoms with Crippen LogP contribution in [0.1, 0.15) is 17.2 Å². The van der Waals surface area contributed by atoms with Gasteiger partial charge >= 0.3 is 11.6 Å². The Morgan fingerprint density at radius 2 is 2.00 bits per heavy atom. The Labute approximate surface area is 170 Å². The van der Waals surface area contributed by atoms with Gasteiger partial charge in [0.25, 0.3) is 0 Å². The Bertz CT molecular complexity index is 1210. The highest BCUT2D eigenvalue weighted by atomic mass is 16.5. The Kier molecular flexibility index (Phi) is 5.51. The van der Waals surface area contributed by atoms with Crippen LogP contribution in [-0.4, -0.2) is 33.3 Å². The molecule has 4 rings (SSSR count). The summed E-state index contributed by atoms with van der Waals surface area (Å²) in [4.78, 5) is 24.8. The van der Waals surface area contributed by atoms with Crippen molar-refractivity contribution >= 4 is 16.9 Å².